The van der Waals surface area contributed by atoms with Gasteiger partial charge in [0.05, 0.1) is 0 Å². The molecule has 0 radical (unpaired) electrons. The molecule has 5 heteroatoms. The van der Waals surface area contributed by atoms with Gasteiger partial charge in [-0.2, -0.15) is 0 Å². The van der Waals surface area contributed by atoms with Crippen LogP contribution >= 0.6 is 15.9 Å². The molecular formula is C13H14BrN3O. The fourth-order valence-electron chi connectivity index (χ4n) is 1.66. The summed E-state index contributed by atoms with van der Waals surface area (Å²) < 4.78 is 6.83. The van der Waals surface area contributed by atoms with Gasteiger partial charge in [-0.15, -0.1) is 0 Å². The first-order chi connectivity index (χ1) is 8.61. The van der Waals surface area contributed by atoms with Gasteiger partial charge in [0.25, 0.3) is 0 Å². The molecular weight excluding hydrogens is 294 g/mol. The molecule has 0 unspecified atom stereocenters. The van der Waals surface area contributed by atoms with Crippen molar-refractivity contribution in [1.82, 2.24) is 9.97 Å². The summed E-state index contributed by atoms with van der Waals surface area (Å²) in [5.41, 5.74) is 8.48. The van der Waals surface area contributed by atoms with Crippen LogP contribution in [0.25, 0.3) is 0 Å². The van der Waals surface area contributed by atoms with Gasteiger partial charge in [0.2, 0.25) is 5.88 Å². The molecule has 0 amide bonds. The van der Waals surface area contributed by atoms with Gasteiger partial charge < -0.3 is 10.5 Å². The molecule has 0 aliphatic carbocycles. The Morgan fingerprint density at radius 1 is 1.17 bits per heavy atom. The Morgan fingerprint density at radius 3 is 2.39 bits per heavy atom. The van der Waals surface area contributed by atoms with Crippen LogP contribution in [-0.2, 0) is 6.54 Å². The van der Waals surface area contributed by atoms with Gasteiger partial charge in [0.15, 0.2) is 0 Å². The Labute approximate surface area is 114 Å². The third-order valence-electron chi connectivity index (χ3n) is 2.55. The maximum Gasteiger partial charge on any atom is 0.242 e. The molecule has 0 aliphatic rings. The number of benzene rings is 1. The molecule has 94 valence electrons. The number of halogens is 1. The van der Waals surface area contributed by atoms with Crippen LogP contribution in [0.15, 0.2) is 29.0 Å². The van der Waals surface area contributed by atoms with E-state index in [2.05, 4.69) is 25.9 Å². The molecule has 0 bridgehead atoms. The van der Waals surface area contributed by atoms with Crippen molar-refractivity contribution in [2.24, 2.45) is 5.73 Å². The molecule has 4 nitrogen and oxygen atoms in total. The Hall–Kier alpha value is -1.46. The predicted molar refractivity (Wildman–Crippen MR) is 73.6 cm³/mol. The number of nitrogens with zero attached hydrogens (tertiary/aromatic N) is 2. The first kappa shape index (κ1) is 13.0. The molecule has 18 heavy (non-hydrogen) atoms. The Balaban J connectivity index is 2.34. The zero-order valence-corrected chi connectivity index (χ0v) is 11.9. The van der Waals surface area contributed by atoms with Gasteiger partial charge in [-0.3, -0.25) is 4.98 Å². The second-order valence-electron chi connectivity index (χ2n) is 3.99. The van der Waals surface area contributed by atoms with Gasteiger partial charge in [0.1, 0.15) is 11.4 Å². The molecule has 0 atom stereocenters. The number of nitrogens with two attached hydrogens (primary N) is 1. The lowest BCUT2D eigenvalue weighted by atomic mass is 10.1. The van der Waals surface area contributed by atoms with Crippen LogP contribution in [0.2, 0.25) is 0 Å². The highest BCUT2D eigenvalue weighted by atomic mass is 79.9. The maximum absolute atomic E-state index is 5.74. The molecule has 1 aromatic heterocycles. The molecule has 0 saturated carbocycles. The van der Waals surface area contributed by atoms with E-state index in [1.165, 1.54) is 0 Å². The number of aryl methyl sites for hydroxylation is 2. The molecule has 2 aromatic rings. The summed E-state index contributed by atoms with van der Waals surface area (Å²) in [4.78, 5) is 8.28. The summed E-state index contributed by atoms with van der Waals surface area (Å²) in [6.07, 6.45) is 3.19. The molecule has 1 aromatic carbocycles. The van der Waals surface area contributed by atoms with Crippen LogP contribution in [0.4, 0.5) is 0 Å². The normalized spacial score (nSPS) is 10.4. The van der Waals surface area contributed by atoms with Crippen LogP contribution in [0.5, 0.6) is 11.6 Å². The van der Waals surface area contributed by atoms with Gasteiger partial charge in [0, 0.05) is 23.4 Å². The first-order valence-electron chi connectivity index (χ1n) is 5.56. The van der Waals surface area contributed by atoms with Crippen molar-refractivity contribution in [3.05, 3.63) is 45.8 Å². The van der Waals surface area contributed by atoms with Gasteiger partial charge in [-0.05, 0) is 37.1 Å². The van der Waals surface area contributed by atoms with E-state index in [9.17, 15) is 0 Å². The van der Waals surface area contributed by atoms with E-state index in [0.29, 0.717) is 18.1 Å². The zero-order chi connectivity index (χ0) is 13.1. The van der Waals surface area contributed by atoms with Crippen molar-refractivity contribution in [3.8, 4) is 11.6 Å². The monoisotopic (exact) mass is 307 g/mol. The average Bonchev–Trinajstić information content (AvgIpc) is 2.36. The summed E-state index contributed by atoms with van der Waals surface area (Å²) in [6.45, 7) is 4.34. The third kappa shape index (κ3) is 2.68. The van der Waals surface area contributed by atoms with Crippen LogP contribution in [0, 0.1) is 13.8 Å². The van der Waals surface area contributed by atoms with Crippen molar-refractivity contribution in [1.29, 1.82) is 0 Å². The number of aromatic nitrogens is 2. The van der Waals surface area contributed by atoms with Gasteiger partial charge in [-0.1, -0.05) is 15.9 Å². The standard InChI is InChI=1S/C13H14BrN3O/c1-8-5-10(6-9(2)12(8)14)18-13-11(7-15)16-3-4-17-13/h3-6H,7,15H2,1-2H3. The smallest absolute Gasteiger partial charge is 0.242 e. The van der Waals surface area contributed by atoms with Gasteiger partial charge >= 0.3 is 0 Å². The second-order valence-corrected chi connectivity index (χ2v) is 4.78. The maximum atomic E-state index is 5.74. The number of rotatable bonds is 3. The summed E-state index contributed by atoms with van der Waals surface area (Å²) in [5, 5.41) is 0. The Bertz CT molecular complexity index is 549. The minimum Gasteiger partial charge on any atom is -0.437 e. The molecule has 0 fully saturated rings. The van der Waals surface area contributed by atoms with Crippen LogP contribution in [0.1, 0.15) is 16.8 Å². The summed E-state index contributed by atoms with van der Waals surface area (Å²) in [7, 11) is 0. The Kier molecular flexibility index (Phi) is 3.93. The van der Waals surface area contributed by atoms with E-state index >= 15 is 0 Å². The molecule has 2 N–H and O–H groups in total. The molecule has 0 aliphatic heterocycles. The number of hydrogen-bond acceptors (Lipinski definition) is 4. The van der Waals surface area contributed by atoms with Crippen molar-refractivity contribution in [2.45, 2.75) is 20.4 Å². The summed E-state index contributed by atoms with van der Waals surface area (Å²) in [5.74, 6) is 1.20. The molecule has 1 heterocycles. The topological polar surface area (TPSA) is 61.0 Å². The highest BCUT2D eigenvalue weighted by Crippen LogP contribution is 2.29. The van der Waals surface area contributed by atoms with E-state index in [1.54, 1.807) is 12.4 Å². The zero-order valence-electron chi connectivity index (χ0n) is 10.3. The summed E-state index contributed by atoms with van der Waals surface area (Å²) >= 11 is 3.52. The fourth-order valence-corrected chi connectivity index (χ4v) is 1.88. The molecule has 0 saturated heterocycles. The predicted octanol–water partition coefficient (Wildman–Crippen LogP) is 3.11. The SMILES string of the molecule is Cc1cc(Oc2nccnc2CN)cc(C)c1Br. The number of hydrogen-bond donors (Lipinski definition) is 1. The van der Waals surface area contributed by atoms with E-state index in [0.717, 1.165) is 21.3 Å². The number of ether oxygens (including phenoxy) is 1. The van der Waals surface area contributed by atoms with Crippen molar-refractivity contribution in [3.63, 3.8) is 0 Å². The lowest BCUT2D eigenvalue weighted by Gasteiger charge is -2.10. The lowest BCUT2D eigenvalue weighted by molar-refractivity contribution is 0.451. The van der Waals surface area contributed by atoms with Crippen molar-refractivity contribution in [2.75, 3.05) is 0 Å². The van der Waals surface area contributed by atoms with Crippen molar-refractivity contribution >= 4 is 15.9 Å². The molecule has 0 spiro atoms. The van der Waals surface area contributed by atoms with Gasteiger partial charge in [-0.25, -0.2) is 4.98 Å². The lowest BCUT2D eigenvalue weighted by Crippen LogP contribution is -2.03. The van der Waals surface area contributed by atoms with Crippen molar-refractivity contribution < 1.29 is 4.74 Å². The summed E-state index contributed by atoms with van der Waals surface area (Å²) in [6, 6.07) is 3.90. The molecule has 2 rings (SSSR count). The fraction of sp³-hybridized carbons (Fsp3) is 0.231. The van der Waals surface area contributed by atoms with Crippen LogP contribution < -0.4 is 10.5 Å². The first-order valence-corrected chi connectivity index (χ1v) is 6.35. The van der Waals surface area contributed by atoms with E-state index in [4.69, 9.17) is 10.5 Å². The van der Waals surface area contributed by atoms with E-state index < -0.39 is 0 Å². The minimum absolute atomic E-state index is 0.303. The van der Waals surface area contributed by atoms with Crippen LogP contribution in [-0.4, -0.2) is 9.97 Å². The van der Waals surface area contributed by atoms with E-state index in [-0.39, 0.29) is 0 Å². The second kappa shape index (κ2) is 5.46. The third-order valence-corrected chi connectivity index (χ3v) is 3.80. The van der Waals surface area contributed by atoms with E-state index in [1.807, 2.05) is 26.0 Å². The minimum atomic E-state index is 0.303. The quantitative estimate of drug-likeness (QED) is 0.946. The largest absolute Gasteiger partial charge is 0.437 e. The van der Waals surface area contributed by atoms with Crippen LogP contribution in [0.3, 0.4) is 0 Å². The average molecular weight is 308 g/mol. The highest BCUT2D eigenvalue weighted by Gasteiger charge is 2.08. The Morgan fingerprint density at radius 2 is 1.78 bits per heavy atom. The highest BCUT2D eigenvalue weighted by molar-refractivity contribution is 9.10.